The standard InChI is InChI=1S/C45H58Br2N6O11/c1-27(43(60)53-34(23-40(48)57)38(55)21-29-6-8-30(9-7-29)26-64-42(59)13-12-39(56)45(3,4)5)20-37(54)28(2)50-41(58)14-16-62-18-19-63-17-15-49-44(61)31-10-11-32-33(22-31)52-36(25-47)35(24-46)51-32/h6-11,22,27-28,34H,12-21,23-26H2,1-5H3,(H2,48,57)(H,49,61)(H,50,58)(H,53,60)/t27-,28+,34+/m1/s1. The van der Waals surface area contributed by atoms with Crippen LogP contribution in [0.25, 0.3) is 11.0 Å². The average molecular weight is 1020 g/mol. The molecule has 0 unspecified atom stereocenters. The molecule has 0 fully saturated rings. The van der Waals surface area contributed by atoms with E-state index >= 15 is 0 Å². The van der Waals surface area contributed by atoms with E-state index in [9.17, 15) is 38.4 Å². The van der Waals surface area contributed by atoms with Crippen LogP contribution in [0.5, 0.6) is 0 Å². The number of nitrogens with one attached hydrogen (secondary N) is 3. The number of nitrogens with two attached hydrogens (primary N) is 1. The van der Waals surface area contributed by atoms with Crippen molar-refractivity contribution in [2.75, 3.05) is 33.0 Å². The topological polar surface area (TPSA) is 252 Å². The number of Topliss-reactive ketones (excluding diaryl/α,β-unsaturated/α-hetero) is 3. The molecule has 2 aromatic carbocycles. The third-order valence-corrected chi connectivity index (χ3v) is 10.9. The lowest BCUT2D eigenvalue weighted by atomic mass is 9.88. The molecule has 19 heteroatoms. The molecule has 17 nitrogen and oxygen atoms in total. The second kappa shape index (κ2) is 26.7. The summed E-state index contributed by atoms with van der Waals surface area (Å²) in [5, 5.41) is 9.05. The number of ketones is 3. The van der Waals surface area contributed by atoms with E-state index in [0.29, 0.717) is 38.4 Å². The van der Waals surface area contributed by atoms with E-state index in [1.165, 1.54) is 13.8 Å². The van der Waals surface area contributed by atoms with Gasteiger partial charge in [0.05, 0.1) is 73.8 Å². The summed E-state index contributed by atoms with van der Waals surface area (Å²) in [5.41, 5.74) is 9.46. The fourth-order valence-electron chi connectivity index (χ4n) is 5.94. The molecule has 0 bridgehead atoms. The van der Waals surface area contributed by atoms with Crippen molar-refractivity contribution < 1.29 is 52.6 Å². The van der Waals surface area contributed by atoms with Gasteiger partial charge in [-0.3, -0.25) is 38.4 Å². The van der Waals surface area contributed by atoms with Crippen LogP contribution in [0.3, 0.4) is 0 Å². The number of ether oxygens (including phenoxy) is 3. The van der Waals surface area contributed by atoms with Gasteiger partial charge in [0, 0.05) is 59.8 Å². The first kappa shape index (κ1) is 53.4. The summed E-state index contributed by atoms with van der Waals surface area (Å²) < 4.78 is 16.2. The maximum absolute atomic E-state index is 13.2. The van der Waals surface area contributed by atoms with Gasteiger partial charge in [0.1, 0.15) is 12.4 Å². The minimum Gasteiger partial charge on any atom is -0.461 e. The van der Waals surface area contributed by atoms with Gasteiger partial charge in [-0.05, 0) is 36.2 Å². The third kappa shape index (κ3) is 18.6. The molecule has 5 N–H and O–H groups in total. The van der Waals surface area contributed by atoms with Crippen LogP contribution in [0, 0.1) is 11.3 Å². The fraction of sp³-hybridized carbons (Fsp3) is 0.511. The predicted octanol–water partition coefficient (Wildman–Crippen LogP) is 4.28. The molecule has 1 heterocycles. The summed E-state index contributed by atoms with van der Waals surface area (Å²) in [7, 11) is 0. The number of carbonyl (C=O) groups excluding carboxylic acids is 8. The van der Waals surface area contributed by atoms with E-state index in [2.05, 4.69) is 57.8 Å². The molecule has 3 rings (SSSR count). The SMILES string of the molecule is C[C@H](CC(=O)[C@H](C)NC(=O)CCOCCOCCNC(=O)c1ccc2nc(CBr)c(CBr)nc2c1)C(=O)N[C@@H](CC(N)=O)C(=O)Cc1ccc(COC(=O)CCC(=O)C(C)(C)C)cc1. The number of halogens is 2. The van der Waals surface area contributed by atoms with E-state index in [1.807, 2.05) is 0 Å². The zero-order valence-corrected chi connectivity index (χ0v) is 40.1. The van der Waals surface area contributed by atoms with Gasteiger partial charge in [-0.1, -0.05) is 83.8 Å². The van der Waals surface area contributed by atoms with Gasteiger partial charge in [-0.25, -0.2) is 9.97 Å². The zero-order valence-electron chi connectivity index (χ0n) is 36.9. The Labute approximate surface area is 389 Å². The summed E-state index contributed by atoms with van der Waals surface area (Å²) in [5.74, 6) is -4.48. The number of esters is 1. The second-order valence-corrected chi connectivity index (χ2v) is 17.3. The summed E-state index contributed by atoms with van der Waals surface area (Å²) >= 11 is 6.84. The minimum absolute atomic E-state index is 0.0174. The van der Waals surface area contributed by atoms with E-state index < -0.39 is 65.1 Å². The number of benzene rings is 2. The molecule has 3 atom stereocenters. The summed E-state index contributed by atoms with van der Waals surface area (Å²) in [6.07, 6.45) is -0.788. The second-order valence-electron chi connectivity index (χ2n) is 16.2. The number of primary amides is 1. The molecule has 0 saturated carbocycles. The maximum atomic E-state index is 13.2. The van der Waals surface area contributed by atoms with Crippen LogP contribution in [0.2, 0.25) is 0 Å². The van der Waals surface area contributed by atoms with Gasteiger partial charge in [0.15, 0.2) is 11.6 Å². The largest absolute Gasteiger partial charge is 0.461 e. The molecule has 1 aromatic heterocycles. The first-order valence-electron chi connectivity index (χ1n) is 20.9. The van der Waals surface area contributed by atoms with E-state index in [-0.39, 0.29) is 83.4 Å². The predicted molar refractivity (Wildman–Crippen MR) is 244 cm³/mol. The Balaban J connectivity index is 1.31. The highest BCUT2D eigenvalue weighted by atomic mass is 79.9. The third-order valence-electron chi connectivity index (χ3n) is 9.83. The van der Waals surface area contributed by atoms with Crippen molar-refractivity contribution in [2.45, 2.75) is 102 Å². The highest BCUT2D eigenvalue weighted by molar-refractivity contribution is 9.09. The number of nitrogens with zero attached hydrogens (tertiary/aromatic N) is 2. The number of hydrogen-bond donors (Lipinski definition) is 4. The van der Waals surface area contributed by atoms with Crippen LogP contribution in [0.15, 0.2) is 42.5 Å². The van der Waals surface area contributed by atoms with Crippen molar-refractivity contribution in [1.82, 2.24) is 25.9 Å². The highest BCUT2D eigenvalue weighted by Crippen LogP contribution is 2.20. The Morgan fingerprint density at radius 3 is 1.98 bits per heavy atom. The van der Waals surface area contributed by atoms with Gasteiger partial charge in [0.2, 0.25) is 17.7 Å². The summed E-state index contributed by atoms with van der Waals surface area (Å²) in [4.78, 5) is 109. The molecular formula is C45H58Br2N6O11. The number of aromatic nitrogens is 2. The first-order valence-corrected chi connectivity index (χ1v) is 23.1. The number of fused-ring (bicyclic) bond motifs is 1. The van der Waals surface area contributed by atoms with Crippen molar-refractivity contribution in [3.05, 3.63) is 70.5 Å². The quantitative estimate of drug-likeness (QED) is 0.0451. The Kier molecular flexibility index (Phi) is 22.3. The number of alkyl halides is 2. The lowest BCUT2D eigenvalue weighted by molar-refractivity contribution is -0.146. The minimum atomic E-state index is -1.24. The van der Waals surface area contributed by atoms with Gasteiger partial charge in [-0.15, -0.1) is 0 Å². The van der Waals surface area contributed by atoms with E-state index in [0.717, 1.165) is 11.4 Å². The normalized spacial score (nSPS) is 12.7. The van der Waals surface area contributed by atoms with E-state index in [4.69, 9.17) is 19.9 Å². The van der Waals surface area contributed by atoms with Crippen molar-refractivity contribution in [3.63, 3.8) is 0 Å². The Hall–Kier alpha value is -4.98. The van der Waals surface area contributed by atoms with E-state index in [1.54, 1.807) is 63.2 Å². The lowest BCUT2D eigenvalue weighted by Crippen LogP contribution is -2.47. The van der Waals surface area contributed by atoms with Crippen LogP contribution in [0.4, 0.5) is 0 Å². The number of amides is 4. The molecule has 64 heavy (non-hydrogen) atoms. The van der Waals surface area contributed by atoms with Crippen LogP contribution >= 0.6 is 31.9 Å². The summed E-state index contributed by atoms with van der Waals surface area (Å²) in [6, 6.07) is 9.65. The zero-order chi connectivity index (χ0) is 47.4. The van der Waals surface area contributed by atoms with Crippen LogP contribution in [0.1, 0.15) is 99.6 Å². The molecule has 0 saturated heterocycles. The molecular weight excluding hydrogens is 960 g/mol. The van der Waals surface area contributed by atoms with Gasteiger partial charge in [-0.2, -0.15) is 0 Å². The number of rotatable bonds is 28. The fourth-order valence-corrected chi connectivity index (χ4v) is 6.84. The van der Waals surface area contributed by atoms with Crippen molar-refractivity contribution in [3.8, 4) is 0 Å². The smallest absolute Gasteiger partial charge is 0.306 e. The van der Waals surface area contributed by atoms with Gasteiger partial charge < -0.3 is 35.9 Å². The van der Waals surface area contributed by atoms with Crippen molar-refractivity contribution in [1.29, 1.82) is 0 Å². The molecule has 0 aliphatic rings. The highest BCUT2D eigenvalue weighted by Gasteiger charge is 2.28. The van der Waals surface area contributed by atoms with Crippen LogP contribution < -0.4 is 21.7 Å². The number of hydrogen-bond acceptors (Lipinski definition) is 13. The summed E-state index contributed by atoms with van der Waals surface area (Å²) in [6.45, 7) is 9.34. The Morgan fingerprint density at radius 1 is 0.734 bits per heavy atom. The average Bonchev–Trinajstić information content (AvgIpc) is 3.25. The maximum Gasteiger partial charge on any atom is 0.306 e. The molecule has 3 aromatic rings. The molecule has 348 valence electrons. The molecule has 0 aliphatic heterocycles. The molecule has 0 radical (unpaired) electrons. The Morgan fingerprint density at radius 2 is 1.36 bits per heavy atom. The molecule has 0 spiro atoms. The number of carbonyl (C=O) groups is 8. The Bertz CT molecular complexity index is 2130. The monoisotopic (exact) mass is 1020 g/mol. The van der Waals surface area contributed by atoms with Crippen LogP contribution in [-0.2, 0) is 71.5 Å². The van der Waals surface area contributed by atoms with Crippen molar-refractivity contribution >= 4 is 89.8 Å². The lowest BCUT2D eigenvalue weighted by Gasteiger charge is -2.20. The molecule has 0 aliphatic carbocycles. The van der Waals surface area contributed by atoms with Crippen molar-refractivity contribution in [2.24, 2.45) is 17.1 Å². The van der Waals surface area contributed by atoms with Gasteiger partial charge >= 0.3 is 5.97 Å². The van der Waals surface area contributed by atoms with Crippen LogP contribution in [-0.4, -0.2) is 102 Å². The first-order chi connectivity index (χ1) is 30.3. The molecule has 4 amide bonds. The van der Waals surface area contributed by atoms with Gasteiger partial charge in [0.25, 0.3) is 5.91 Å².